The van der Waals surface area contributed by atoms with Crippen LogP contribution in [-0.4, -0.2) is 53.2 Å². The molecule has 1 amide bonds. The lowest BCUT2D eigenvalue weighted by Crippen LogP contribution is -2.48. The summed E-state index contributed by atoms with van der Waals surface area (Å²) in [4.78, 5) is 25.9. The van der Waals surface area contributed by atoms with E-state index in [1.807, 2.05) is 43.2 Å². The largest absolute Gasteiger partial charge is 0.368 e. The number of halogens is 1. The molecule has 2 aromatic rings. The molecular weight excluding hydrogens is 380 g/mol. The highest BCUT2D eigenvalue weighted by Gasteiger charge is 2.22. The molecule has 0 bridgehead atoms. The lowest BCUT2D eigenvalue weighted by molar-refractivity contribution is -0.131. The first kappa shape index (κ1) is 20.0. The highest BCUT2D eigenvalue weighted by molar-refractivity contribution is 7.98. The van der Waals surface area contributed by atoms with Crippen LogP contribution in [0.15, 0.2) is 29.4 Å². The molecule has 0 radical (unpaired) electrons. The number of rotatable bonds is 5. The average molecular weight is 405 g/mol. The van der Waals surface area contributed by atoms with Crippen molar-refractivity contribution in [2.45, 2.75) is 31.8 Å². The molecule has 27 heavy (non-hydrogen) atoms. The van der Waals surface area contributed by atoms with Crippen LogP contribution in [0, 0.1) is 13.8 Å². The second kappa shape index (κ2) is 8.93. The van der Waals surface area contributed by atoms with Crippen LogP contribution in [-0.2, 0) is 11.2 Å². The summed E-state index contributed by atoms with van der Waals surface area (Å²) in [5, 5.41) is 1.53. The monoisotopic (exact) mass is 404 g/mol. The van der Waals surface area contributed by atoms with Crippen molar-refractivity contribution in [3.05, 3.63) is 46.2 Å². The molecule has 0 N–H and O–H groups in total. The van der Waals surface area contributed by atoms with Gasteiger partial charge in [-0.2, -0.15) is 0 Å². The fourth-order valence-corrected chi connectivity index (χ4v) is 4.08. The van der Waals surface area contributed by atoms with Gasteiger partial charge in [0.25, 0.3) is 0 Å². The number of anilines is 1. The lowest BCUT2D eigenvalue weighted by atomic mass is 10.1. The van der Waals surface area contributed by atoms with Crippen molar-refractivity contribution in [2.24, 2.45) is 0 Å². The minimum absolute atomic E-state index is 0.202. The van der Waals surface area contributed by atoms with Gasteiger partial charge in [-0.15, -0.1) is 0 Å². The Kier molecular flexibility index (Phi) is 6.60. The molecule has 1 aliphatic rings. The quantitative estimate of drug-likeness (QED) is 0.561. The second-order valence-electron chi connectivity index (χ2n) is 6.71. The van der Waals surface area contributed by atoms with E-state index in [-0.39, 0.29) is 5.91 Å². The third-order valence-corrected chi connectivity index (χ3v) is 5.76. The number of aryl methyl sites for hydroxylation is 2. The van der Waals surface area contributed by atoms with Gasteiger partial charge >= 0.3 is 0 Å². The molecule has 1 fully saturated rings. The van der Waals surface area contributed by atoms with E-state index in [1.54, 1.807) is 11.8 Å². The standard InChI is InChI=1S/C20H25ClN4OS/c1-14-18(15(2)23-20(22-14)27-3)7-8-19(26)25-11-9-24(10-12-25)17-6-4-5-16(21)13-17/h4-6,13H,7-12H2,1-3H3. The van der Waals surface area contributed by atoms with Gasteiger partial charge in [0.15, 0.2) is 5.16 Å². The first-order valence-corrected chi connectivity index (χ1v) is 10.7. The van der Waals surface area contributed by atoms with E-state index >= 15 is 0 Å². The van der Waals surface area contributed by atoms with E-state index in [9.17, 15) is 4.79 Å². The molecule has 0 spiro atoms. The van der Waals surface area contributed by atoms with Crippen molar-refractivity contribution in [3.63, 3.8) is 0 Å². The van der Waals surface area contributed by atoms with Crippen LogP contribution in [0.25, 0.3) is 0 Å². The Morgan fingerprint density at radius 3 is 2.41 bits per heavy atom. The Bertz CT molecular complexity index is 798. The maximum Gasteiger partial charge on any atom is 0.223 e. The van der Waals surface area contributed by atoms with Gasteiger partial charge in [-0.1, -0.05) is 29.4 Å². The number of nitrogens with zero attached hydrogens (tertiary/aromatic N) is 4. The maximum atomic E-state index is 12.7. The summed E-state index contributed by atoms with van der Waals surface area (Å²) in [6.07, 6.45) is 3.17. The number of hydrogen-bond acceptors (Lipinski definition) is 5. The fraction of sp³-hybridized carbons (Fsp3) is 0.450. The van der Waals surface area contributed by atoms with Crippen LogP contribution in [0.3, 0.4) is 0 Å². The van der Waals surface area contributed by atoms with E-state index in [1.165, 1.54) is 0 Å². The van der Waals surface area contributed by atoms with Gasteiger partial charge in [0.05, 0.1) is 0 Å². The van der Waals surface area contributed by atoms with Crippen LogP contribution in [0.1, 0.15) is 23.4 Å². The third kappa shape index (κ3) is 4.93. The van der Waals surface area contributed by atoms with Crippen molar-refractivity contribution < 1.29 is 4.79 Å². The minimum atomic E-state index is 0.202. The summed E-state index contributed by atoms with van der Waals surface area (Å²) < 4.78 is 0. The predicted octanol–water partition coefficient (Wildman–Crippen LogP) is 3.75. The molecule has 144 valence electrons. The number of carbonyl (C=O) groups excluding carboxylic acids is 1. The van der Waals surface area contributed by atoms with Crippen molar-refractivity contribution in [1.82, 2.24) is 14.9 Å². The second-order valence-corrected chi connectivity index (χ2v) is 7.92. The van der Waals surface area contributed by atoms with Crippen LogP contribution >= 0.6 is 23.4 Å². The van der Waals surface area contributed by atoms with Crippen LogP contribution < -0.4 is 4.90 Å². The normalized spacial score (nSPS) is 14.5. The van der Waals surface area contributed by atoms with E-state index in [0.29, 0.717) is 12.8 Å². The highest BCUT2D eigenvalue weighted by Crippen LogP contribution is 2.21. The van der Waals surface area contributed by atoms with Crippen molar-refractivity contribution >= 4 is 35.0 Å². The average Bonchev–Trinajstić information content (AvgIpc) is 2.67. The van der Waals surface area contributed by atoms with Gasteiger partial charge in [-0.05, 0) is 50.3 Å². The summed E-state index contributed by atoms with van der Waals surface area (Å²) in [7, 11) is 0. The molecule has 2 heterocycles. The summed E-state index contributed by atoms with van der Waals surface area (Å²) in [5.74, 6) is 0.202. The molecule has 1 aromatic heterocycles. The molecule has 0 atom stereocenters. The number of benzene rings is 1. The molecule has 0 saturated carbocycles. The predicted molar refractivity (Wildman–Crippen MR) is 112 cm³/mol. The molecule has 3 rings (SSSR count). The van der Waals surface area contributed by atoms with Gasteiger partial charge < -0.3 is 9.80 Å². The van der Waals surface area contributed by atoms with Crippen molar-refractivity contribution in [3.8, 4) is 0 Å². The summed E-state index contributed by atoms with van der Waals surface area (Å²) >= 11 is 7.63. The first-order chi connectivity index (χ1) is 13.0. The molecule has 0 unspecified atom stereocenters. The lowest BCUT2D eigenvalue weighted by Gasteiger charge is -2.36. The van der Waals surface area contributed by atoms with E-state index in [2.05, 4.69) is 20.9 Å². The number of amides is 1. The first-order valence-electron chi connectivity index (χ1n) is 9.14. The molecule has 1 saturated heterocycles. The topological polar surface area (TPSA) is 49.3 Å². The van der Waals surface area contributed by atoms with Crippen LogP contribution in [0.5, 0.6) is 0 Å². The van der Waals surface area contributed by atoms with Gasteiger partial charge in [-0.3, -0.25) is 4.79 Å². The molecule has 5 nitrogen and oxygen atoms in total. The smallest absolute Gasteiger partial charge is 0.223 e. The zero-order valence-electron chi connectivity index (χ0n) is 16.0. The Balaban J connectivity index is 1.54. The Labute approximate surface area is 170 Å². The molecule has 0 aliphatic carbocycles. The van der Waals surface area contributed by atoms with Crippen LogP contribution in [0.4, 0.5) is 5.69 Å². The van der Waals surface area contributed by atoms with Crippen molar-refractivity contribution in [2.75, 3.05) is 37.3 Å². The number of aromatic nitrogens is 2. The maximum absolute atomic E-state index is 12.7. The number of piperazine rings is 1. The summed E-state index contributed by atoms with van der Waals surface area (Å²) in [6, 6.07) is 7.88. The third-order valence-electron chi connectivity index (χ3n) is 4.98. The SMILES string of the molecule is CSc1nc(C)c(CCC(=O)N2CCN(c3cccc(Cl)c3)CC2)c(C)n1. The van der Waals surface area contributed by atoms with Gasteiger partial charge in [0.1, 0.15) is 0 Å². The van der Waals surface area contributed by atoms with E-state index in [4.69, 9.17) is 11.6 Å². The minimum Gasteiger partial charge on any atom is -0.368 e. The van der Waals surface area contributed by atoms with E-state index < -0.39 is 0 Å². The zero-order valence-corrected chi connectivity index (χ0v) is 17.6. The number of carbonyl (C=O) groups is 1. The highest BCUT2D eigenvalue weighted by atomic mass is 35.5. The zero-order chi connectivity index (χ0) is 19.4. The number of hydrogen-bond donors (Lipinski definition) is 0. The van der Waals surface area contributed by atoms with E-state index in [0.717, 1.165) is 59.0 Å². The Morgan fingerprint density at radius 1 is 1.15 bits per heavy atom. The Morgan fingerprint density at radius 2 is 1.81 bits per heavy atom. The number of thioether (sulfide) groups is 1. The van der Waals surface area contributed by atoms with Crippen molar-refractivity contribution in [1.29, 1.82) is 0 Å². The molecular formula is C20H25ClN4OS. The van der Waals surface area contributed by atoms with Gasteiger partial charge in [-0.25, -0.2) is 9.97 Å². The Hall–Kier alpha value is -1.79. The molecule has 7 heteroatoms. The summed E-state index contributed by atoms with van der Waals surface area (Å²) in [5.41, 5.74) is 4.17. The van der Waals surface area contributed by atoms with Crippen LogP contribution in [0.2, 0.25) is 5.02 Å². The van der Waals surface area contributed by atoms with Gasteiger partial charge in [0, 0.05) is 54.7 Å². The van der Waals surface area contributed by atoms with Gasteiger partial charge in [0.2, 0.25) is 5.91 Å². The summed E-state index contributed by atoms with van der Waals surface area (Å²) in [6.45, 7) is 7.14. The molecule has 1 aromatic carbocycles. The fourth-order valence-electron chi connectivity index (χ4n) is 3.44. The molecule has 1 aliphatic heterocycles.